The molecule has 0 unspecified atom stereocenters. The Kier molecular flexibility index (Phi) is 7.05. The Morgan fingerprint density at radius 2 is 1.72 bits per heavy atom. The molecular formula is C22H29N3O3S. The van der Waals surface area contributed by atoms with E-state index >= 15 is 0 Å². The fraction of sp³-hybridized carbons (Fsp3) is 0.409. The van der Waals surface area contributed by atoms with E-state index in [1.54, 1.807) is 24.3 Å². The van der Waals surface area contributed by atoms with Gasteiger partial charge in [0.05, 0.1) is 11.4 Å². The molecule has 156 valence electrons. The van der Waals surface area contributed by atoms with Crippen LogP contribution in [0.5, 0.6) is 0 Å². The van der Waals surface area contributed by atoms with E-state index in [-0.39, 0.29) is 17.3 Å². The first-order valence-electron chi connectivity index (χ1n) is 9.94. The summed E-state index contributed by atoms with van der Waals surface area (Å²) in [5.74, 6) is -0.326. The number of likely N-dealkylation sites (tertiary alicyclic amines) is 1. The quantitative estimate of drug-likeness (QED) is 0.719. The molecule has 7 heteroatoms. The number of hydrogen-bond acceptors (Lipinski definition) is 4. The average Bonchev–Trinajstić information content (AvgIpc) is 3.20. The van der Waals surface area contributed by atoms with E-state index in [0.29, 0.717) is 6.54 Å². The van der Waals surface area contributed by atoms with Crippen LogP contribution in [0.15, 0.2) is 53.4 Å². The van der Waals surface area contributed by atoms with Crippen molar-refractivity contribution in [2.24, 2.45) is 0 Å². The minimum Gasteiger partial charge on any atom is -0.351 e. The Hall–Kier alpha value is -2.22. The number of carbonyl (C=O) groups excluding carboxylic acids is 1. The van der Waals surface area contributed by atoms with Crippen molar-refractivity contribution in [3.63, 3.8) is 0 Å². The Bertz CT molecular complexity index is 936. The van der Waals surface area contributed by atoms with E-state index in [1.165, 1.54) is 25.5 Å². The molecule has 1 aliphatic rings. The van der Waals surface area contributed by atoms with Crippen molar-refractivity contribution in [2.45, 2.75) is 37.8 Å². The summed E-state index contributed by atoms with van der Waals surface area (Å²) in [7, 11) is -2.26. The molecule has 0 aliphatic carbocycles. The fourth-order valence-corrected chi connectivity index (χ4v) is 4.60. The van der Waals surface area contributed by atoms with Gasteiger partial charge in [0, 0.05) is 20.1 Å². The molecule has 1 heterocycles. The first-order chi connectivity index (χ1) is 13.8. The number of rotatable bonds is 8. The monoisotopic (exact) mass is 415 g/mol. The summed E-state index contributed by atoms with van der Waals surface area (Å²) in [5.41, 5.74) is 3.23. The standard InChI is InChI=1S/C22H29N3O3S/c1-18-8-10-21(11-9-18)29(27,28)24(2)17-22(26)23-15-19-6-5-7-20(14-19)16-25-12-3-4-13-25/h5-11,14H,3-4,12-13,15-17H2,1-2H3,(H,23,26). The summed E-state index contributed by atoms with van der Waals surface area (Å²) < 4.78 is 26.3. The molecule has 2 aromatic rings. The lowest BCUT2D eigenvalue weighted by Gasteiger charge is -2.17. The van der Waals surface area contributed by atoms with E-state index in [4.69, 9.17) is 0 Å². The summed E-state index contributed by atoms with van der Waals surface area (Å²) in [5, 5.41) is 2.82. The molecule has 0 saturated carbocycles. The smallest absolute Gasteiger partial charge is 0.243 e. The van der Waals surface area contributed by atoms with Gasteiger partial charge in [-0.15, -0.1) is 0 Å². The van der Waals surface area contributed by atoms with Gasteiger partial charge >= 0.3 is 0 Å². The second-order valence-electron chi connectivity index (χ2n) is 7.65. The largest absolute Gasteiger partial charge is 0.351 e. The second kappa shape index (κ2) is 9.52. The van der Waals surface area contributed by atoms with Crippen LogP contribution in [-0.4, -0.2) is 50.2 Å². The maximum absolute atomic E-state index is 12.6. The summed E-state index contributed by atoms with van der Waals surface area (Å²) in [6, 6.07) is 14.8. The minimum absolute atomic E-state index is 0.188. The fourth-order valence-electron chi connectivity index (χ4n) is 3.47. The zero-order valence-electron chi connectivity index (χ0n) is 17.1. The van der Waals surface area contributed by atoms with Gasteiger partial charge in [-0.05, 0) is 56.1 Å². The summed E-state index contributed by atoms with van der Waals surface area (Å²) in [4.78, 5) is 14.9. The van der Waals surface area contributed by atoms with Gasteiger partial charge in [-0.25, -0.2) is 8.42 Å². The number of nitrogens with one attached hydrogen (secondary N) is 1. The predicted octanol–water partition coefficient (Wildman–Crippen LogP) is 2.53. The number of carbonyl (C=O) groups is 1. The van der Waals surface area contributed by atoms with E-state index in [1.807, 2.05) is 19.1 Å². The third kappa shape index (κ3) is 5.88. The molecule has 6 nitrogen and oxygen atoms in total. The second-order valence-corrected chi connectivity index (χ2v) is 9.70. The van der Waals surface area contributed by atoms with Crippen molar-refractivity contribution in [2.75, 3.05) is 26.7 Å². The van der Waals surface area contributed by atoms with Gasteiger partial charge in [-0.2, -0.15) is 4.31 Å². The number of aryl methyl sites for hydroxylation is 1. The van der Waals surface area contributed by atoms with Crippen molar-refractivity contribution < 1.29 is 13.2 Å². The highest BCUT2D eigenvalue weighted by atomic mass is 32.2. The topological polar surface area (TPSA) is 69.7 Å². The van der Waals surface area contributed by atoms with Crippen LogP contribution in [0.1, 0.15) is 29.5 Å². The third-order valence-electron chi connectivity index (χ3n) is 5.18. The number of likely N-dealkylation sites (N-methyl/N-ethyl adjacent to an activating group) is 1. The van der Waals surface area contributed by atoms with Gasteiger partial charge < -0.3 is 5.32 Å². The lowest BCUT2D eigenvalue weighted by Crippen LogP contribution is -2.38. The summed E-state index contributed by atoms with van der Waals surface area (Å²) >= 11 is 0. The predicted molar refractivity (Wildman–Crippen MR) is 114 cm³/mol. The lowest BCUT2D eigenvalue weighted by atomic mass is 10.1. The van der Waals surface area contributed by atoms with E-state index in [2.05, 4.69) is 22.3 Å². The first-order valence-corrected chi connectivity index (χ1v) is 11.4. The Morgan fingerprint density at radius 3 is 2.41 bits per heavy atom. The molecule has 1 amide bonds. The van der Waals surface area contributed by atoms with E-state index in [9.17, 15) is 13.2 Å². The van der Waals surface area contributed by atoms with Crippen LogP contribution in [0, 0.1) is 6.92 Å². The molecule has 1 saturated heterocycles. The molecule has 1 aliphatic heterocycles. The Balaban J connectivity index is 1.53. The summed E-state index contributed by atoms with van der Waals surface area (Å²) in [6.07, 6.45) is 2.52. The molecule has 0 bridgehead atoms. The Labute approximate surface area is 173 Å². The molecule has 0 atom stereocenters. The lowest BCUT2D eigenvalue weighted by molar-refractivity contribution is -0.121. The molecule has 1 N–H and O–H groups in total. The van der Waals surface area contributed by atoms with Crippen molar-refractivity contribution in [3.05, 3.63) is 65.2 Å². The van der Waals surface area contributed by atoms with Gasteiger partial charge in [-0.3, -0.25) is 9.69 Å². The molecule has 2 aromatic carbocycles. The van der Waals surface area contributed by atoms with Crippen LogP contribution in [0.3, 0.4) is 0 Å². The maximum atomic E-state index is 12.6. The highest BCUT2D eigenvalue weighted by Crippen LogP contribution is 2.15. The molecule has 0 spiro atoms. The zero-order valence-corrected chi connectivity index (χ0v) is 17.9. The highest BCUT2D eigenvalue weighted by Gasteiger charge is 2.22. The Morgan fingerprint density at radius 1 is 1.07 bits per heavy atom. The van der Waals surface area contributed by atoms with Crippen LogP contribution < -0.4 is 5.32 Å². The van der Waals surface area contributed by atoms with Crippen molar-refractivity contribution in [1.82, 2.24) is 14.5 Å². The number of hydrogen-bond donors (Lipinski definition) is 1. The van der Waals surface area contributed by atoms with Gasteiger partial charge in [-0.1, -0.05) is 42.0 Å². The number of benzene rings is 2. The van der Waals surface area contributed by atoms with Crippen LogP contribution in [-0.2, 0) is 27.9 Å². The minimum atomic E-state index is -3.69. The van der Waals surface area contributed by atoms with Crippen LogP contribution in [0.25, 0.3) is 0 Å². The van der Waals surface area contributed by atoms with E-state index < -0.39 is 10.0 Å². The first kappa shape index (κ1) is 21.5. The van der Waals surface area contributed by atoms with Crippen LogP contribution in [0.4, 0.5) is 0 Å². The zero-order chi connectivity index (χ0) is 20.9. The normalized spacial score (nSPS) is 15.0. The molecule has 0 radical (unpaired) electrons. The molecule has 3 rings (SSSR count). The maximum Gasteiger partial charge on any atom is 0.243 e. The number of amides is 1. The van der Waals surface area contributed by atoms with Crippen LogP contribution in [0.2, 0.25) is 0 Å². The van der Waals surface area contributed by atoms with Gasteiger partial charge in [0.25, 0.3) is 0 Å². The van der Waals surface area contributed by atoms with Crippen molar-refractivity contribution >= 4 is 15.9 Å². The van der Waals surface area contributed by atoms with Gasteiger partial charge in [0.2, 0.25) is 15.9 Å². The third-order valence-corrected chi connectivity index (χ3v) is 7.00. The van der Waals surface area contributed by atoms with E-state index in [0.717, 1.165) is 35.1 Å². The van der Waals surface area contributed by atoms with Gasteiger partial charge in [0.1, 0.15) is 0 Å². The highest BCUT2D eigenvalue weighted by molar-refractivity contribution is 7.89. The molecule has 1 fully saturated rings. The molecule has 0 aromatic heterocycles. The van der Waals surface area contributed by atoms with Crippen molar-refractivity contribution in [3.8, 4) is 0 Å². The van der Waals surface area contributed by atoms with Crippen LogP contribution >= 0.6 is 0 Å². The van der Waals surface area contributed by atoms with Gasteiger partial charge in [0.15, 0.2) is 0 Å². The molecular weight excluding hydrogens is 386 g/mol. The number of nitrogens with zero attached hydrogens (tertiary/aromatic N) is 2. The van der Waals surface area contributed by atoms with Crippen molar-refractivity contribution in [1.29, 1.82) is 0 Å². The number of sulfonamides is 1. The SMILES string of the molecule is Cc1ccc(S(=O)(=O)N(C)CC(=O)NCc2cccc(CN3CCCC3)c2)cc1. The molecule has 29 heavy (non-hydrogen) atoms. The average molecular weight is 416 g/mol. The summed E-state index contributed by atoms with van der Waals surface area (Å²) in [6.45, 7) is 5.27.